The molecule has 2 rings (SSSR count). The number of hydrogen-bond acceptors (Lipinski definition) is 5. The number of para-hydroxylation sites is 1. The average molecular weight is 276 g/mol. The van der Waals surface area contributed by atoms with E-state index in [-0.39, 0.29) is 0 Å². The van der Waals surface area contributed by atoms with Crippen LogP contribution in [0.4, 0.5) is 5.82 Å². The zero-order valence-electron chi connectivity index (χ0n) is 12.3. The number of rotatable bonds is 5. The third-order valence-electron chi connectivity index (χ3n) is 3.08. The molecule has 1 heterocycles. The van der Waals surface area contributed by atoms with E-state index in [1.54, 1.807) is 14.2 Å². The van der Waals surface area contributed by atoms with E-state index in [4.69, 9.17) is 19.7 Å². The van der Waals surface area contributed by atoms with Crippen LogP contribution in [0.5, 0.6) is 11.5 Å². The van der Waals surface area contributed by atoms with E-state index in [0.29, 0.717) is 29.0 Å². The minimum Gasteiger partial charge on any atom is -0.493 e. The molecule has 5 nitrogen and oxygen atoms in total. The minimum absolute atomic E-state index is 0.429. The van der Waals surface area contributed by atoms with E-state index in [9.17, 15) is 0 Å². The Balaban J connectivity index is 2.57. The number of methoxy groups -OCH3 is 2. The number of nitrogens with zero attached hydrogens (tertiary/aromatic N) is 1. The second-order valence-corrected chi connectivity index (χ2v) is 5.01. The highest BCUT2D eigenvalue weighted by Gasteiger charge is 2.21. The molecular weight excluding hydrogens is 256 g/mol. The normalized spacial score (nSPS) is 10.8. The van der Waals surface area contributed by atoms with Crippen LogP contribution in [-0.2, 0) is 6.42 Å². The Hall–Kier alpha value is -2.17. The summed E-state index contributed by atoms with van der Waals surface area (Å²) < 4.78 is 16.2. The molecule has 0 aliphatic rings. The molecule has 2 N–H and O–H groups in total. The van der Waals surface area contributed by atoms with Crippen molar-refractivity contribution < 1.29 is 14.0 Å². The van der Waals surface area contributed by atoms with Crippen LogP contribution >= 0.6 is 0 Å². The van der Waals surface area contributed by atoms with E-state index >= 15 is 0 Å². The second-order valence-electron chi connectivity index (χ2n) is 5.01. The molecule has 0 fully saturated rings. The Labute approximate surface area is 118 Å². The minimum atomic E-state index is 0.429. The SMILES string of the molecule is COc1cccc(-c2onc(N)c2CC(C)C)c1OC. The van der Waals surface area contributed by atoms with Crippen LogP contribution in [0.2, 0.25) is 0 Å². The van der Waals surface area contributed by atoms with Gasteiger partial charge >= 0.3 is 0 Å². The first-order chi connectivity index (χ1) is 9.58. The van der Waals surface area contributed by atoms with Gasteiger partial charge < -0.3 is 19.7 Å². The number of aromatic nitrogens is 1. The lowest BCUT2D eigenvalue weighted by molar-refractivity contribution is 0.354. The molecule has 1 aromatic heterocycles. The van der Waals surface area contributed by atoms with Gasteiger partial charge in [0, 0.05) is 5.56 Å². The van der Waals surface area contributed by atoms with Gasteiger partial charge in [0.2, 0.25) is 0 Å². The quantitative estimate of drug-likeness (QED) is 0.908. The van der Waals surface area contributed by atoms with Crippen LogP contribution in [0.1, 0.15) is 19.4 Å². The average Bonchev–Trinajstić information content (AvgIpc) is 2.78. The molecule has 2 aromatic rings. The highest BCUT2D eigenvalue weighted by molar-refractivity contribution is 5.74. The van der Waals surface area contributed by atoms with Crippen LogP contribution in [0.3, 0.4) is 0 Å². The first-order valence-corrected chi connectivity index (χ1v) is 6.53. The van der Waals surface area contributed by atoms with E-state index in [0.717, 1.165) is 17.5 Å². The largest absolute Gasteiger partial charge is 0.493 e. The van der Waals surface area contributed by atoms with E-state index in [2.05, 4.69) is 19.0 Å². The Morgan fingerprint density at radius 2 is 2.00 bits per heavy atom. The molecule has 0 bridgehead atoms. The van der Waals surface area contributed by atoms with Crippen molar-refractivity contribution in [3.8, 4) is 22.8 Å². The Morgan fingerprint density at radius 1 is 1.25 bits per heavy atom. The summed E-state index contributed by atoms with van der Waals surface area (Å²) >= 11 is 0. The molecule has 0 saturated carbocycles. The zero-order valence-corrected chi connectivity index (χ0v) is 12.3. The summed E-state index contributed by atoms with van der Waals surface area (Å²) in [5, 5.41) is 3.88. The maximum atomic E-state index is 5.91. The van der Waals surface area contributed by atoms with Gasteiger partial charge in [-0.25, -0.2) is 0 Å². The topological polar surface area (TPSA) is 70.5 Å². The fraction of sp³-hybridized carbons (Fsp3) is 0.400. The molecule has 0 amide bonds. The Morgan fingerprint density at radius 3 is 2.60 bits per heavy atom. The first kappa shape index (κ1) is 14.2. The van der Waals surface area contributed by atoms with Crippen LogP contribution in [-0.4, -0.2) is 19.4 Å². The molecule has 0 spiro atoms. The van der Waals surface area contributed by atoms with Gasteiger partial charge in [-0.2, -0.15) is 0 Å². The molecule has 0 atom stereocenters. The number of benzene rings is 1. The van der Waals surface area contributed by atoms with Crippen molar-refractivity contribution >= 4 is 5.82 Å². The third kappa shape index (κ3) is 2.57. The van der Waals surface area contributed by atoms with Gasteiger partial charge in [-0.3, -0.25) is 0 Å². The molecule has 0 saturated heterocycles. The monoisotopic (exact) mass is 276 g/mol. The summed E-state index contributed by atoms with van der Waals surface area (Å²) in [7, 11) is 3.20. The van der Waals surface area contributed by atoms with Gasteiger partial charge in [-0.1, -0.05) is 25.1 Å². The summed E-state index contributed by atoms with van der Waals surface area (Å²) in [5.74, 6) is 2.80. The molecule has 5 heteroatoms. The fourth-order valence-corrected chi connectivity index (χ4v) is 2.20. The van der Waals surface area contributed by atoms with Crippen molar-refractivity contribution in [3.05, 3.63) is 23.8 Å². The zero-order chi connectivity index (χ0) is 14.7. The maximum Gasteiger partial charge on any atom is 0.176 e. The molecule has 20 heavy (non-hydrogen) atoms. The second kappa shape index (κ2) is 5.86. The van der Waals surface area contributed by atoms with E-state index in [1.807, 2.05) is 18.2 Å². The van der Waals surface area contributed by atoms with Gasteiger partial charge in [0.05, 0.1) is 19.8 Å². The van der Waals surface area contributed by atoms with Gasteiger partial charge in [0.25, 0.3) is 0 Å². The molecule has 0 aliphatic heterocycles. The molecule has 0 radical (unpaired) electrons. The lowest BCUT2D eigenvalue weighted by atomic mass is 9.99. The number of hydrogen-bond donors (Lipinski definition) is 1. The number of nitrogens with two attached hydrogens (primary N) is 1. The van der Waals surface area contributed by atoms with Gasteiger partial charge in [-0.05, 0) is 24.5 Å². The third-order valence-corrected chi connectivity index (χ3v) is 3.08. The number of nitrogen functional groups attached to an aromatic ring is 1. The van der Waals surface area contributed by atoms with Crippen LogP contribution in [0, 0.1) is 5.92 Å². The number of ether oxygens (including phenoxy) is 2. The number of anilines is 1. The summed E-state index contributed by atoms with van der Waals surface area (Å²) in [6.45, 7) is 4.25. The lowest BCUT2D eigenvalue weighted by Crippen LogP contribution is -2.00. The molecule has 1 aromatic carbocycles. The Kier molecular flexibility index (Phi) is 4.17. The van der Waals surface area contributed by atoms with Crippen molar-refractivity contribution in [2.45, 2.75) is 20.3 Å². The van der Waals surface area contributed by atoms with E-state index in [1.165, 1.54) is 0 Å². The molecule has 108 valence electrons. The van der Waals surface area contributed by atoms with Crippen LogP contribution in [0.25, 0.3) is 11.3 Å². The van der Waals surface area contributed by atoms with Crippen LogP contribution < -0.4 is 15.2 Å². The highest BCUT2D eigenvalue weighted by Crippen LogP contribution is 2.40. The van der Waals surface area contributed by atoms with Crippen molar-refractivity contribution in [1.29, 1.82) is 0 Å². The van der Waals surface area contributed by atoms with Gasteiger partial charge in [-0.15, -0.1) is 0 Å². The predicted octanol–water partition coefficient (Wildman–Crippen LogP) is 3.14. The Bertz CT molecular complexity index is 591. The van der Waals surface area contributed by atoms with Crippen molar-refractivity contribution in [1.82, 2.24) is 5.16 Å². The van der Waals surface area contributed by atoms with E-state index < -0.39 is 0 Å². The lowest BCUT2D eigenvalue weighted by Gasteiger charge is -2.12. The van der Waals surface area contributed by atoms with Crippen molar-refractivity contribution in [3.63, 3.8) is 0 Å². The summed E-state index contributed by atoms with van der Waals surface area (Å²) in [5.41, 5.74) is 7.62. The van der Waals surface area contributed by atoms with Gasteiger partial charge in [0.1, 0.15) is 0 Å². The molecule has 0 unspecified atom stereocenters. The summed E-state index contributed by atoms with van der Waals surface area (Å²) in [6.07, 6.45) is 0.797. The molecule has 0 aliphatic carbocycles. The standard InChI is InChI=1S/C15H20N2O3/c1-9(2)8-11-13(20-17-15(11)16)10-6-5-7-12(18-3)14(10)19-4/h5-7,9H,8H2,1-4H3,(H2,16,17). The van der Waals surface area contributed by atoms with Crippen molar-refractivity contribution in [2.24, 2.45) is 5.92 Å². The van der Waals surface area contributed by atoms with Gasteiger partial charge in [0.15, 0.2) is 23.1 Å². The fourth-order valence-electron chi connectivity index (χ4n) is 2.20. The maximum absolute atomic E-state index is 5.91. The molecular formula is C15H20N2O3. The summed E-state index contributed by atoms with van der Waals surface area (Å²) in [4.78, 5) is 0. The smallest absolute Gasteiger partial charge is 0.176 e. The summed E-state index contributed by atoms with van der Waals surface area (Å²) in [6, 6.07) is 5.63. The van der Waals surface area contributed by atoms with Crippen molar-refractivity contribution in [2.75, 3.05) is 20.0 Å². The highest BCUT2D eigenvalue weighted by atomic mass is 16.5. The first-order valence-electron chi connectivity index (χ1n) is 6.53. The predicted molar refractivity (Wildman–Crippen MR) is 78.0 cm³/mol. The van der Waals surface area contributed by atoms with Crippen LogP contribution in [0.15, 0.2) is 22.7 Å².